The Labute approximate surface area is 116 Å². The van der Waals surface area contributed by atoms with Crippen molar-refractivity contribution >= 4 is 41.1 Å². The Hall–Kier alpha value is -1.11. The molecule has 0 saturated heterocycles. The third-order valence-electron chi connectivity index (χ3n) is 3.17. The van der Waals surface area contributed by atoms with Gasteiger partial charge < -0.3 is 5.11 Å². The Morgan fingerprint density at radius 1 is 1.44 bits per heavy atom. The zero-order valence-electron chi connectivity index (χ0n) is 10.5. The highest BCUT2D eigenvalue weighted by Crippen LogP contribution is 2.42. The van der Waals surface area contributed by atoms with Crippen LogP contribution in [-0.2, 0) is 0 Å². The molecule has 0 spiro atoms. The lowest BCUT2D eigenvalue weighted by Crippen LogP contribution is -2.54. The standard InChI is InChI=1S/C12H14N2O2S2/c1-8(2)14(3)11(15)9-6-4-5-7-10(9)13(18-14)12(16)17/h4-8H,1-3H3/p+1. The third kappa shape index (κ3) is 1.90. The number of benzene rings is 1. The van der Waals surface area contributed by atoms with Gasteiger partial charge in [0.05, 0.1) is 12.7 Å². The van der Waals surface area contributed by atoms with Crippen LogP contribution in [-0.4, -0.2) is 33.2 Å². The molecule has 0 bridgehead atoms. The van der Waals surface area contributed by atoms with Crippen molar-refractivity contribution in [2.75, 3.05) is 11.4 Å². The van der Waals surface area contributed by atoms with Gasteiger partial charge in [-0.05, 0) is 38.2 Å². The number of fused-ring (bicyclic) bond motifs is 1. The number of carbonyl (C=O) groups is 1. The van der Waals surface area contributed by atoms with Gasteiger partial charge in [0.2, 0.25) is 12.1 Å². The number of amides is 1. The summed E-state index contributed by atoms with van der Waals surface area (Å²) in [7, 11) is 1.83. The number of aliphatic hydroxyl groups is 1. The first-order chi connectivity index (χ1) is 8.38. The molecule has 1 aromatic rings. The van der Waals surface area contributed by atoms with Crippen LogP contribution in [0.4, 0.5) is 5.69 Å². The minimum Gasteiger partial charge on any atom is -0.486 e. The number of nitrogens with zero attached hydrogens (tertiary/aromatic N) is 2. The second-order valence-electron chi connectivity index (χ2n) is 4.56. The third-order valence-corrected chi connectivity index (χ3v) is 4.92. The first-order valence-corrected chi connectivity index (χ1v) is 6.74. The van der Waals surface area contributed by atoms with Crippen molar-refractivity contribution in [3.63, 3.8) is 0 Å². The minimum atomic E-state index is -0.232. The van der Waals surface area contributed by atoms with Crippen molar-refractivity contribution in [3.05, 3.63) is 29.8 Å². The molecule has 1 unspecified atom stereocenters. The Morgan fingerprint density at radius 2 is 2.06 bits per heavy atom. The lowest BCUT2D eigenvalue weighted by Gasteiger charge is -2.39. The lowest BCUT2D eigenvalue weighted by molar-refractivity contribution is -0.711. The van der Waals surface area contributed by atoms with E-state index in [2.05, 4.69) is 0 Å². The topological polar surface area (TPSA) is 40.5 Å². The Kier molecular flexibility index (Phi) is 3.35. The van der Waals surface area contributed by atoms with Crippen LogP contribution >= 0.6 is 24.4 Å². The number of para-hydroxylation sites is 1. The van der Waals surface area contributed by atoms with Gasteiger partial charge in [-0.3, -0.25) is 0 Å². The van der Waals surface area contributed by atoms with E-state index in [4.69, 9.17) is 12.2 Å². The van der Waals surface area contributed by atoms with Gasteiger partial charge >= 0.3 is 5.91 Å². The average Bonchev–Trinajstić information content (AvgIpc) is 2.33. The molecule has 18 heavy (non-hydrogen) atoms. The smallest absolute Gasteiger partial charge is 0.360 e. The number of anilines is 1. The summed E-state index contributed by atoms with van der Waals surface area (Å²) in [6.45, 7) is 3.94. The number of thiocarbonyl (C=S) groups is 1. The van der Waals surface area contributed by atoms with Gasteiger partial charge in [0.1, 0.15) is 11.6 Å². The second-order valence-corrected chi connectivity index (χ2v) is 6.22. The number of hydrogen-bond donors (Lipinski definition) is 1. The fraction of sp³-hybridized carbons (Fsp3) is 0.333. The fourth-order valence-corrected chi connectivity index (χ4v) is 3.00. The van der Waals surface area contributed by atoms with Crippen LogP contribution < -0.4 is 4.31 Å². The summed E-state index contributed by atoms with van der Waals surface area (Å²) in [5.74, 6) is 0.0260. The molecule has 1 heterocycles. The molecule has 0 saturated carbocycles. The van der Waals surface area contributed by atoms with Gasteiger partial charge in [-0.25, -0.2) is 4.79 Å². The van der Waals surface area contributed by atoms with Crippen molar-refractivity contribution in [3.8, 4) is 0 Å². The molecule has 1 aliphatic rings. The van der Waals surface area contributed by atoms with E-state index in [1.165, 1.54) is 16.4 Å². The van der Waals surface area contributed by atoms with Crippen LogP contribution in [0.25, 0.3) is 0 Å². The monoisotopic (exact) mass is 283 g/mol. The van der Waals surface area contributed by atoms with Crippen LogP contribution in [0.1, 0.15) is 24.2 Å². The molecule has 1 N–H and O–H groups in total. The molecule has 1 aromatic carbocycles. The number of quaternary nitrogens is 1. The lowest BCUT2D eigenvalue weighted by atomic mass is 10.1. The van der Waals surface area contributed by atoms with Crippen molar-refractivity contribution in [2.45, 2.75) is 19.9 Å². The van der Waals surface area contributed by atoms with Crippen molar-refractivity contribution in [1.82, 2.24) is 0 Å². The van der Waals surface area contributed by atoms with E-state index >= 15 is 0 Å². The maximum Gasteiger partial charge on any atom is 0.360 e. The molecule has 0 fully saturated rings. The van der Waals surface area contributed by atoms with E-state index < -0.39 is 0 Å². The average molecular weight is 283 g/mol. The summed E-state index contributed by atoms with van der Waals surface area (Å²) in [5, 5.41) is 9.41. The summed E-state index contributed by atoms with van der Waals surface area (Å²) in [6.07, 6.45) is 0. The van der Waals surface area contributed by atoms with Crippen LogP contribution in [0.5, 0.6) is 0 Å². The quantitative estimate of drug-likeness (QED) is 0.487. The van der Waals surface area contributed by atoms with E-state index in [9.17, 15) is 9.90 Å². The van der Waals surface area contributed by atoms with E-state index in [1.807, 2.05) is 33.0 Å². The number of hydrogen-bond acceptors (Lipinski definition) is 3. The molecular weight excluding hydrogens is 268 g/mol. The Morgan fingerprint density at radius 3 is 2.61 bits per heavy atom. The summed E-state index contributed by atoms with van der Waals surface area (Å²) in [6, 6.07) is 7.26. The van der Waals surface area contributed by atoms with Gasteiger partial charge in [-0.1, -0.05) is 12.1 Å². The molecule has 2 rings (SSSR count). The number of carbonyl (C=O) groups excluding carboxylic acids is 1. The number of aliphatic hydroxyl groups excluding tert-OH is 1. The molecule has 96 valence electrons. The maximum absolute atomic E-state index is 12.5. The molecule has 1 aliphatic heterocycles. The second kappa shape index (κ2) is 4.53. The van der Waals surface area contributed by atoms with Crippen LogP contribution in [0.3, 0.4) is 0 Å². The van der Waals surface area contributed by atoms with Gasteiger partial charge in [-0.2, -0.15) is 8.19 Å². The Balaban J connectivity index is 2.60. The summed E-state index contributed by atoms with van der Waals surface area (Å²) >= 11 is 6.09. The fourth-order valence-electron chi connectivity index (χ4n) is 1.79. The minimum absolute atomic E-state index is 0.0260. The highest BCUT2D eigenvalue weighted by molar-refractivity contribution is 7.98. The predicted molar refractivity (Wildman–Crippen MR) is 77.4 cm³/mol. The van der Waals surface area contributed by atoms with Gasteiger partial charge in [-0.15, -0.1) is 0 Å². The van der Waals surface area contributed by atoms with E-state index in [1.54, 1.807) is 12.1 Å². The van der Waals surface area contributed by atoms with Crippen molar-refractivity contribution in [1.29, 1.82) is 0 Å². The zero-order chi connectivity index (χ0) is 13.5. The summed E-state index contributed by atoms with van der Waals surface area (Å²) < 4.78 is 1.66. The first kappa shape index (κ1) is 13.3. The summed E-state index contributed by atoms with van der Waals surface area (Å²) in [4.78, 5) is 12.5. The van der Waals surface area contributed by atoms with Crippen LogP contribution in [0.2, 0.25) is 0 Å². The Bertz CT molecular complexity index is 519. The summed E-state index contributed by atoms with van der Waals surface area (Å²) in [5.41, 5.74) is 1.24. The zero-order valence-corrected chi connectivity index (χ0v) is 12.1. The normalized spacial score (nSPS) is 23.1. The van der Waals surface area contributed by atoms with Crippen molar-refractivity contribution < 1.29 is 13.8 Å². The molecule has 0 aliphatic carbocycles. The van der Waals surface area contributed by atoms with Crippen molar-refractivity contribution in [2.24, 2.45) is 0 Å². The van der Waals surface area contributed by atoms with Gasteiger partial charge in [0.15, 0.2) is 0 Å². The molecular formula is C12H15N2O2S2+. The van der Waals surface area contributed by atoms with E-state index in [0.717, 1.165) is 0 Å². The molecule has 4 nitrogen and oxygen atoms in total. The molecule has 6 heteroatoms. The maximum atomic E-state index is 12.5. The van der Waals surface area contributed by atoms with E-state index in [-0.39, 0.29) is 21.0 Å². The van der Waals surface area contributed by atoms with Gasteiger partial charge in [0, 0.05) is 0 Å². The van der Waals surface area contributed by atoms with E-state index in [0.29, 0.717) is 11.3 Å². The highest BCUT2D eigenvalue weighted by atomic mass is 32.2. The highest BCUT2D eigenvalue weighted by Gasteiger charge is 2.47. The molecule has 0 radical (unpaired) electrons. The first-order valence-electron chi connectivity index (χ1n) is 5.61. The van der Waals surface area contributed by atoms with Crippen LogP contribution in [0, 0.1) is 0 Å². The number of rotatable bonds is 1. The SMILES string of the molecule is CC(C)[N+]1(C)SN(C(O)=S)c2ccccc2C1=O. The van der Waals surface area contributed by atoms with Crippen LogP contribution in [0.15, 0.2) is 24.3 Å². The van der Waals surface area contributed by atoms with Gasteiger partial charge in [0.25, 0.3) is 5.17 Å². The predicted octanol–water partition coefficient (Wildman–Crippen LogP) is 2.91. The molecule has 1 atom stereocenters. The molecule has 1 amide bonds. The largest absolute Gasteiger partial charge is 0.486 e. The molecule has 0 aromatic heterocycles.